The summed E-state index contributed by atoms with van der Waals surface area (Å²) < 4.78 is 26.8. The van der Waals surface area contributed by atoms with Crippen LogP contribution >= 0.6 is 0 Å². The topological polar surface area (TPSA) is 43.8 Å². The molecule has 2 saturated heterocycles. The molecular formula is C18H24F2N2O2. The number of piperidine rings is 2. The minimum absolute atomic E-state index is 0.0608. The van der Waals surface area contributed by atoms with Crippen molar-refractivity contribution in [2.75, 3.05) is 33.3 Å². The van der Waals surface area contributed by atoms with Crippen molar-refractivity contribution >= 4 is 5.91 Å². The van der Waals surface area contributed by atoms with Gasteiger partial charge >= 0.3 is 0 Å². The van der Waals surface area contributed by atoms with E-state index in [0.717, 1.165) is 31.9 Å². The molecular weight excluding hydrogens is 314 g/mol. The molecule has 0 unspecified atom stereocenters. The smallest absolute Gasteiger partial charge is 0.227 e. The van der Waals surface area contributed by atoms with Crippen LogP contribution in [0.2, 0.25) is 0 Å². The van der Waals surface area contributed by atoms with Crippen molar-refractivity contribution in [2.24, 2.45) is 5.41 Å². The monoisotopic (exact) mass is 338 g/mol. The highest BCUT2D eigenvalue weighted by Gasteiger charge is 2.47. The van der Waals surface area contributed by atoms with Crippen LogP contribution < -0.4 is 0 Å². The number of carbonyl (C=O) groups is 1. The van der Waals surface area contributed by atoms with E-state index in [2.05, 4.69) is 4.90 Å². The Labute approximate surface area is 141 Å². The summed E-state index contributed by atoms with van der Waals surface area (Å²) in [6.45, 7) is 2.23. The number of amides is 1. The van der Waals surface area contributed by atoms with E-state index < -0.39 is 11.6 Å². The first-order valence-electron chi connectivity index (χ1n) is 8.48. The van der Waals surface area contributed by atoms with E-state index in [1.807, 2.05) is 7.05 Å². The summed E-state index contributed by atoms with van der Waals surface area (Å²) in [5.74, 6) is -1.47. The zero-order chi connectivity index (χ0) is 17.3. The molecule has 1 N–H and O–H groups in total. The molecule has 0 aliphatic carbocycles. The third-order valence-corrected chi connectivity index (χ3v) is 5.72. The van der Waals surface area contributed by atoms with Crippen molar-refractivity contribution in [2.45, 2.75) is 31.7 Å². The summed E-state index contributed by atoms with van der Waals surface area (Å²) in [5, 5.41) is 9.90. The van der Waals surface area contributed by atoms with Gasteiger partial charge in [0, 0.05) is 30.6 Å². The molecule has 3 rings (SSSR count). The maximum atomic E-state index is 13.8. The fourth-order valence-corrected chi connectivity index (χ4v) is 4.18. The Morgan fingerprint density at radius 1 is 1.33 bits per heavy atom. The number of rotatable bonds is 3. The predicted molar refractivity (Wildman–Crippen MR) is 86.4 cm³/mol. The average Bonchev–Trinajstić information content (AvgIpc) is 2.57. The number of likely N-dealkylation sites (tertiary alicyclic amines) is 2. The number of halogens is 2. The lowest BCUT2D eigenvalue weighted by Crippen LogP contribution is -2.62. The van der Waals surface area contributed by atoms with Crippen molar-refractivity contribution in [1.82, 2.24) is 9.80 Å². The molecule has 2 heterocycles. The SMILES string of the molecule is CN1CCC[C@]2(CO)CCN(C(=O)Cc3ccc(F)cc3F)C[C@@H]12. The lowest BCUT2D eigenvalue weighted by Gasteiger charge is -2.53. The Hall–Kier alpha value is -1.53. The zero-order valence-corrected chi connectivity index (χ0v) is 14.0. The van der Waals surface area contributed by atoms with Crippen molar-refractivity contribution in [3.8, 4) is 0 Å². The van der Waals surface area contributed by atoms with Crippen LogP contribution in [-0.4, -0.2) is 60.1 Å². The summed E-state index contributed by atoms with van der Waals surface area (Å²) in [7, 11) is 2.03. The van der Waals surface area contributed by atoms with Gasteiger partial charge < -0.3 is 14.9 Å². The van der Waals surface area contributed by atoms with Gasteiger partial charge in [0.25, 0.3) is 0 Å². The summed E-state index contributed by atoms with van der Waals surface area (Å²) in [4.78, 5) is 16.5. The standard InChI is InChI=1S/C18H24F2N2O2/c1-21-7-2-5-18(12-23)6-8-22(11-16(18)21)17(24)9-13-3-4-14(19)10-15(13)20/h3-4,10,16,23H,2,5-9,11-12H2,1H3/t16-,18-/m1/s1. The molecule has 4 nitrogen and oxygen atoms in total. The molecule has 2 aliphatic heterocycles. The minimum Gasteiger partial charge on any atom is -0.396 e. The Balaban J connectivity index is 1.70. The number of benzene rings is 1. The van der Waals surface area contributed by atoms with Crippen molar-refractivity contribution < 1.29 is 18.7 Å². The maximum Gasteiger partial charge on any atom is 0.227 e. The summed E-state index contributed by atoms with van der Waals surface area (Å²) in [6.07, 6.45) is 2.74. The van der Waals surface area contributed by atoms with E-state index in [4.69, 9.17) is 0 Å². The van der Waals surface area contributed by atoms with Crippen LogP contribution in [0, 0.1) is 17.0 Å². The van der Waals surface area contributed by atoms with Gasteiger partial charge in [0.15, 0.2) is 0 Å². The number of hydrogen-bond donors (Lipinski definition) is 1. The van der Waals surface area contributed by atoms with Gasteiger partial charge in [-0.3, -0.25) is 4.79 Å². The van der Waals surface area contributed by atoms with E-state index in [9.17, 15) is 18.7 Å². The molecule has 0 saturated carbocycles. The Bertz CT molecular complexity index is 625. The van der Waals surface area contributed by atoms with E-state index in [1.54, 1.807) is 4.90 Å². The molecule has 6 heteroatoms. The molecule has 1 amide bonds. The number of fused-ring (bicyclic) bond motifs is 1. The second kappa shape index (κ2) is 6.76. The van der Waals surface area contributed by atoms with Crippen molar-refractivity contribution in [3.05, 3.63) is 35.4 Å². The second-order valence-corrected chi connectivity index (χ2v) is 7.12. The summed E-state index contributed by atoms with van der Waals surface area (Å²) >= 11 is 0. The van der Waals surface area contributed by atoms with Gasteiger partial charge in [-0.05, 0) is 44.5 Å². The molecule has 2 aliphatic rings. The first kappa shape index (κ1) is 17.3. The van der Waals surface area contributed by atoms with Crippen LogP contribution in [0.4, 0.5) is 8.78 Å². The lowest BCUT2D eigenvalue weighted by atomic mass is 9.69. The third kappa shape index (κ3) is 3.17. The van der Waals surface area contributed by atoms with Gasteiger partial charge in [0.05, 0.1) is 13.0 Å². The van der Waals surface area contributed by atoms with E-state index in [-0.39, 0.29) is 36.0 Å². The van der Waals surface area contributed by atoms with Gasteiger partial charge in [-0.2, -0.15) is 0 Å². The molecule has 24 heavy (non-hydrogen) atoms. The van der Waals surface area contributed by atoms with Crippen LogP contribution in [0.5, 0.6) is 0 Å². The number of aliphatic hydroxyl groups excluding tert-OH is 1. The molecule has 132 valence electrons. The van der Waals surface area contributed by atoms with Crippen molar-refractivity contribution in [1.29, 1.82) is 0 Å². The fraction of sp³-hybridized carbons (Fsp3) is 0.611. The Kier molecular flexibility index (Phi) is 4.88. The highest BCUT2D eigenvalue weighted by atomic mass is 19.1. The van der Waals surface area contributed by atoms with Gasteiger partial charge in [-0.15, -0.1) is 0 Å². The summed E-state index contributed by atoms with van der Waals surface area (Å²) in [5.41, 5.74) is 0.0858. The molecule has 1 aromatic rings. The van der Waals surface area contributed by atoms with Crippen molar-refractivity contribution in [3.63, 3.8) is 0 Å². The molecule has 2 atom stereocenters. The molecule has 2 fully saturated rings. The van der Waals surface area contributed by atoms with Crippen LogP contribution in [0.3, 0.4) is 0 Å². The Morgan fingerprint density at radius 3 is 2.83 bits per heavy atom. The van der Waals surface area contributed by atoms with E-state index in [1.165, 1.54) is 12.1 Å². The van der Waals surface area contributed by atoms with Crippen LogP contribution in [0.15, 0.2) is 18.2 Å². The largest absolute Gasteiger partial charge is 0.396 e. The average molecular weight is 338 g/mol. The quantitative estimate of drug-likeness (QED) is 0.914. The molecule has 0 spiro atoms. The van der Waals surface area contributed by atoms with E-state index >= 15 is 0 Å². The number of nitrogens with zero attached hydrogens (tertiary/aromatic N) is 2. The van der Waals surface area contributed by atoms with E-state index in [0.29, 0.717) is 13.1 Å². The van der Waals surface area contributed by atoms with Gasteiger partial charge in [-0.1, -0.05) is 6.07 Å². The minimum atomic E-state index is -0.681. The molecule has 0 aromatic heterocycles. The van der Waals surface area contributed by atoms with Gasteiger partial charge in [-0.25, -0.2) is 8.78 Å². The Morgan fingerprint density at radius 2 is 2.12 bits per heavy atom. The molecule has 1 aromatic carbocycles. The maximum absolute atomic E-state index is 13.8. The molecule has 0 bridgehead atoms. The highest BCUT2D eigenvalue weighted by molar-refractivity contribution is 5.79. The molecule has 0 radical (unpaired) electrons. The van der Waals surface area contributed by atoms with Gasteiger partial charge in [0.2, 0.25) is 5.91 Å². The van der Waals surface area contributed by atoms with Crippen LogP contribution in [-0.2, 0) is 11.2 Å². The first-order chi connectivity index (χ1) is 11.4. The zero-order valence-electron chi connectivity index (χ0n) is 14.0. The normalized spacial score (nSPS) is 27.8. The summed E-state index contributed by atoms with van der Waals surface area (Å²) in [6, 6.07) is 3.45. The first-order valence-corrected chi connectivity index (χ1v) is 8.48. The fourth-order valence-electron chi connectivity index (χ4n) is 4.18. The third-order valence-electron chi connectivity index (χ3n) is 5.72. The van der Waals surface area contributed by atoms with Gasteiger partial charge in [0.1, 0.15) is 11.6 Å². The second-order valence-electron chi connectivity index (χ2n) is 7.12. The number of likely N-dealkylation sites (N-methyl/N-ethyl adjacent to an activating group) is 1. The predicted octanol–water partition coefficient (Wildman–Crippen LogP) is 1.81. The number of aliphatic hydroxyl groups is 1. The lowest BCUT2D eigenvalue weighted by molar-refractivity contribution is -0.139. The highest BCUT2D eigenvalue weighted by Crippen LogP contribution is 2.41. The number of carbonyl (C=O) groups excluding carboxylic acids is 1. The van der Waals surface area contributed by atoms with Crippen LogP contribution in [0.25, 0.3) is 0 Å². The van der Waals surface area contributed by atoms with Crippen LogP contribution in [0.1, 0.15) is 24.8 Å². The number of hydrogen-bond acceptors (Lipinski definition) is 3.